The lowest BCUT2D eigenvalue weighted by Crippen LogP contribution is -2.46. The van der Waals surface area contributed by atoms with Gasteiger partial charge in [-0.2, -0.15) is 11.3 Å². The van der Waals surface area contributed by atoms with Gasteiger partial charge in [-0.25, -0.2) is 4.98 Å². The van der Waals surface area contributed by atoms with Gasteiger partial charge in [-0.15, -0.1) is 0 Å². The number of rotatable bonds is 5. The highest BCUT2D eigenvalue weighted by Crippen LogP contribution is 2.47. The van der Waals surface area contributed by atoms with E-state index in [1.807, 2.05) is 6.07 Å². The summed E-state index contributed by atoms with van der Waals surface area (Å²) in [6.45, 7) is 3.07. The maximum absolute atomic E-state index is 6.49. The van der Waals surface area contributed by atoms with Crippen molar-refractivity contribution < 1.29 is 4.74 Å². The third-order valence-electron chi connectivity index (χ3n) is 6.67. The number of thiophene rings is 1. The molecule has 146 valence electrons. The van der Waals surface area contributed by atoms with Crippen molar-refractivity contribution in [1.29, 1.82) is 0 Å². The molecule has 1 aromatic carbocycles. The summed E-state index contributed by atoms with van der Waals surface area (Å²) >= 11 is 1.76. The standard InChI is InChI=1S/C23H27N3OS/c1-14-7-23(25-21-4-3-17(27-2)11-18(14)21)26(12-15-5-6-28-13-15)22-10-16-8-19(22)20(24)9-16/h3-7,11,13,16,19-20,22H,8-10,12,24H2,1-2H3/t16-,19+,20+,22+/m1/s1. The molecule has 2 aromatic heterocycles. The summed E-state index contributed by atoms with van der Waals surface area (Å²) in [5, 5.41) is 5.56. The number of fused-ring (bicyclic) bond motifs is 3. The van der Waals surface area contributed by atoms with E-state index in [9.17, 15) is 0 Å². The van der Waals surface area contributed by atoms with Gasteiger partial charge >= 0.3 is 0 Å². The third kappa shape index (κ3) is 3.07. The Kier molecular flexibility index (Phi) is 4.52. The average Bonchev–Trinajstić information content (AvgIpc) is 3.42. The summed E-state index contributed by atoms with van der Waals surface area (Å²) in [7, 11) is 1.71. The number of pyridine rings is 1. The van der Waals surface area contributed by atoms with Crippen molar-refractivity contribution in [2.24, 2.45) is 17.6 Å². The first kappa shape index (κ1) is 18.0. The van der Waals surface area contributed by atoms with Gasteiger partial charge in [0.05, 0.1) is 12.6 Å². The van der Waals surface area contributed by atoms with Crippen LogP contribution in [0, 0.1) is 18.8 Å². The zero-order valence-corrected chi connectivity index (χ0v) is 17.3. The lowest BCUT2D eigenvalue weighted by atomic mass is 9.89. The molecule has 2 N–H and O–H groups in total. The van der Waals surface area contributed by atoms with Crippen LogP contribution in [0.5, 0.6) is 5.75 Å². The molecule has 2 fully saturated rings. The molecule has 0 unspecified atom stereocenters. The highest BCUT2D eigenvalue weighted by Gasteiger charge is 2.47. The SMILES string of the molecule is COc1ccc2nc(N(Cc3ccsc3)[C@H]3C[C@@H]4C[C@H]3[C@@H](N)C4)cc(C)c2c1. The monoisotopic (exact) mass is 393 g/mol. The topological polar surface area (TPSA) is 51.4 Å². The van der Waals surface area contributed by atoms with Crippen LogP contribution < -0.4 is 15.4 Å². The summed E-state index contributed by atoms with van der Waals surface area (Å²) in [6, 6.07) is 11.4. The summed E-state index contributed by atoms with van der Waals surface area (Å²) in [5.74, 6) is 3.31. The Bertz CT molecular complexity index is 987. The van der Waals surface area contributed by atoms with Crippen LogP contribution in [0.2, 0.25) is 0 Å². The van der Waals surface area contributed by atoms with Crippen LogP contribution in [0.15, 0.2) is 41.1 Å². The number of methoxy groups -OCH3 is 1. The van der Waals surface area contributed by atoms with Crippen molar-refractivity contribution in [3.63, 3.8) is 0 Å². The van der Waals surface area contributed by atoms with E-state index in [-0.39, 0.29) is 0 Å². The van der Waals surface area contributed by atoms with Crippen LogP contribution in [-0.4, -0.2) is 24.2 Å². The fourth-order valence-electron chi connectivity index (χ4n) is 5.30. The van der Waals surface area contributed by atoms with Crippen molar-refractivity contribution >= 4 is 28.1 Å². The van der Waals surface area contributed by atoms with Crippen molar-refractivity contribution in [2.45, 2.75) is 44.8 Å². The highest BCUT2D eigenvalue weighted by molar-refractivity contribution is 7.07. The minimum Gasteiger partial charge on any atom is -0.497 e. The molecule has 4 atom stereocenters. The molecule has 2 saturated carbocycles. The molecule has 5 heteroatoms. The Morgan fingerprint density at radius 1 is 1.21 bits per heavy atom. The molecule has 0 spiro atoms. The van der Waals surface area contributed by atoms with Crippen LogP contribution in [0.4, 0.5) is 5.82 Å². The number of nitrogens with two attached hydrogens (primary N) is 1. The van der Waals surface area contributed by atoms with Gasteiger partial charge in [-0.1, -0.05) is 0 Å². The molecule has 0 amide bonds. The van der Waals surface area contributed by atoms with Gasteiger partial charge in [0.1, 0.15) is 11.6 Å². The minimum atomic E-state index is 0.333. The van der Waals surface area contributed by atoms with Gasteiger partial charge < -0.3 is 15.4 Å². The molecular weight excluding hydrogens is 366 g/mol. The second-order valence-electron chi connectivity index (χ2n) is 8.41. The molecular formula is C23H27N3OS. The first-order valence-electron chi connectivity index (χ1n) is 10.1. The van der Waals surface area contributed by atoms with Crippen LogP contribution in [0.1, 0.15) is 30.4 Å². The number of hydrogen-bond donors (Lipinski definition) is 1. The molecule has 3 aromatic rings. The zero-order valence-electron chi connectivity index (χ0n) is 16.5. The maximum Gasteiger partial charge on any atom is 0.130 e. The molecule has 0 aliphatic heterocycles. The lowest BCUT2D eigenvalue weighted by Gasteiger charge is -2.38. The quantitative estimate of drug-likeness (QED) is 0.680. The second kappa shape index (κ2) is 7.05. The average molecular weight is 394 g/mol. The first-order valence-corrected chi connectivity index (χ1v) is 11.1. The molecule has 2 heterocycles. The second-order valence-corrected chi connectivity index (χ2v) is 9.19. The zero-order chi connectivity index (χ0) is 19.3. The van der Waals surface area contributed by atoms with Gasteiger partial charge in [0.15, 0.2) is 0 Å². The fraction of sp³-hybridized carbons (Fsp3) is 0.435. The normalized spacial score (nSPS) is 26.1. The van der Waals surface area contributed by atoms with Crippen molar-refractivity contribution in [2.75, 3.05) is 12.0 Å². The Morgan fingerprint density at radius 2 is 2.11 bits per heavy atom. The number of anilines is 1. The summed E-state index contributed by atoms with van der Waals surface area (Å²) in [4.78, 5) is 7.61. The molecule has 2 aliphatic carbocycles. The molecule has 2 aliphatic rings. The third-order valence-corrected chi connectivity index (χ3v) is 7.40. The molecule has 0 radical (unpaired) electrons. The van der Waals surface area contributed by atoms with E-state index in [2.05, 4.69) is 46.8 Å². The summed E-state index contributed by atoms with van der Waals surface area (Å²) in [6.07, 6.45) is 3.71. The molecule has 0 saturated heterocycles. The van der Waals surface area contributed by atoms with E-state index in [0.29, 0.717) is 18.0 Å². The predicted molar refractivity (Wildman–Crippen MR) is 116 cm³/mol. The Balaban J connectivity index is 1.56. The first-order chi connectivity index (χ1) is 13.6. The summed E-state index contributed by atoms with van der Waals surface area (Å²) in [5.41, 5.74) is 10.1. The van der Waals surface area contributed by atoms with Crippen LogP contribution in [0.3, 0.4) is 0 Å². The minimum absolute atomic E-state index is 0.333. The Hall–Kier alpha value is -2.11. The van der Waals surface area contributed by atoms with Crippen molar-refractivity contribution in [1.82, 2.24) is 4.98 Å². The number of hydrogen-bond acceptors (Lipinski definition) is 5. The van der Waals surface area contributed by atoms with Gasteiger partial charge in [0.2, 0.25) is 0 Å². The van der Waals surface area contributed by atoms with E-state index in [1.54, 1.807) is 18.4 Å². The number of ether oxygens (including phenoxy) is 1. The molecule has 28 heavy (non-hydrogen) atoms. The van der Waals surface area contributed by atoms with Crippen molar-refractivity contribution in [3.8, 4) is 5.75 Å². The van der Waals surface area contributed by atoms with Gasteiger partial charge in [0.25, 0.3) is 0 Å². The lowest BCUT2D eigenvalue weighted by molar-refractivity contribution is 0.347. The van der Waals surface area contributed by atoms with Gasteiger partial charge in [0, 0.05) is 24.0 Å². The van der Waals surface area contributed by atoms with E-state index < -0.39 is 0 Å². The smallest absolute Gasteiger partial charge is 0.130 e. The molecule has 5 rings (SSSR count). The van der Waals surface area contributed by atoms with Crippen LogP contribution in [-0.2, 0) is 6.54 Å². The largest absolute Gasteiger partial charge is 0.497 e. The van der Waals surface area contributed by atoms with Crippen LogP contribution >= 0.6 is 11.3 Å². The predicted octanol–water partition coefficient (Wildman–Crippen LogP) is 4.75. The van der Waals surface area contributed by atoms with E-state index in [1.165, 1.54) is 30.4 Å². The highest BCUT2D eigenvalue weighted by atomic mass is 32.1. The van der Waals surface area contributed by atoms with Gasteiger partial charge in [-0.05, 0) is 90.2 Å². The number of nitrogens with zero attached hydrogens (tertiary/aromatic N) is 2. The van der Waals surface area contributed by atoms with E-state index in [4.69, 9.17) is 15.5 Å². The van der Waals surface area contributed by atoms with E-state index >= 15 is 0 Å². The number of aromatic nitrogens is 1. The maximum atomic E-state index is 6.49. The number of aryl methyl sites for hydroxylation is 1. The van der Waals surface area contributed by atoms with Crippen LogP contribution in [0.25, 0.3) is 10.9 Å². The Morgan fingerprint density at radius 3 is 2.82 bits per heavy atom. The van der Waals surface area contributed by atoms with Gasteiger partial charge in [-0.3, -0.25) is 0 Å². The fourth-order valence-corrected chi connectivity index (χ4v) is 5.96. The summed E-state index contributed by atoms with van der Waals surface area (Å²) < 4.78 is 5.40. The molecule has 2 bridgehead atoms. The number of benzene rings is 1. The molecule has 4 nitrogen and oxygen atoms in total. The van der Waals surface area contributed by atoms with Crippen molar-refractivity contribution in [3.05, 3.63) is 52.2 Å². The van der Waals surface area contributed by atoms with E-state index in [0.717, 1.165) is 34.9 Å². The Labute approximate surface area is 170 Å².